The number of nitrogens with one attached hydrogen (secondary N) is 1. The van der Waals surface area contributed by atoms with Gasteiger partial charge < -0.3 is 5.73 Å². The molecule has 0 atom stereocenters. The van der Waals surface area contributed by atoms with Crippen LogP contribution >= 0.6 is 0 Å². The Labute approximate surface area is 89.8 Å². The molecule has 6 heteroatoms. The van der Waals surface area contributed by atoms with Gasteiger partial charge in [0.2, 0.25) is 11.7 Å². The highest BCUT2D eigenvalue weighted by Gasteiger charge is 2.08. The Morgan fingerprint density at radius 1 is 1.38 bits per heavy atom. The van der Waals surface area contributed by atoms with E-state index in [2.05, 4.69) is 15.0 Å². The minimum atomic E-state index is -0.324. The number of fused-ring (bicyclic) bond motifs is 3. The predicted octanol–water partition coefficient (Wildman–Crippen LogP) is 0.461. The Morgan fingerprint density at radius 2 is 2.19 bits per heavy atom. The molecule has 0 unspecified atom stereocenters. The molecule has 3 N–H and O–H groups in total. The number of H-pyrrole nitrogens is 1. The second-order valence-corrected chi connectivity index (χ2v) is 3.67. The number of hydrogen-bond donors (Lipinski definition) is 2. The lowest BCUT2D eigenvalue weighted by atomic mass is 10.2. The van der Waals surface area contributed by atoms with Gasteiger partial charge in [0.1, 0.15) is 0 Å². The zero-order chi connectivity index (χ0) is 11.3. The number of rotatable bonds is 0. The molecule has 0 spiro atoms. The van der Waals surface area contributed by atoms with Gasteiger partial charge in [-0.2, -0.15) is 4.98 Å². The maximum atomic E-state index is 11.7. The number of nitrogens with two attached hydrogens (primary N) is 1. The lowest BCUT2D eigenvalue weighted by Crippen LogP contribution is -2.19. The highest BCUT2D eigenvalue weighted by Crippen LogP contribution is 2.15. The molecule has 3 rings (SSSR count). The topological polar surface area (TPSA) is 89.1 Å². The van der Waals surface area contributed by atoms with Crippen molar-refractivity contribution in [3.05, 3.63) is 34.2 Å². The fourth-order valence-corrected chi connectivity index (χ4v) is 1.75. The van der Waals surface area contributed by atoms with Crippen molar-refractivity contribution in [2.45, 2.75) is 6.92 Å². The van der Waals surface area contributed by atoms with Crippen molar-refractivity contribution in [2.24, 2.45) is 0 Å². The molecule has 0 aliphatic heterocycles. The van der Waals surface area contributed by atoms with Crippen LogP contribution in [0.25, 0.3) is 16.8 Å². The van der Waals surface area contributed by atoms with Crippen LogP contribution in [-0.4, -0.2) is 19.4 Å². The number of aromatic nitrogens is 4. The van der Waals surface area contributed by atoms with Crippen molar-refractivity contribution in [2.75, 3.05) is 5.73 Å². The molecule has 0 radical (unpaired) electrons. The van der Waals surface area contributed by atoms with Gasteiger partial charge in [-0.1, -0.05) is 6.07 Å². The molecule has 0 saturated carbocycles. The second-order valence-electron chi connectivity index (χ2n) is 3.67. The summed E-state index contributed by atoms with van der Waals surface area (Å²) in [7, 11) is 0. The highest BCUT2D eigenvalue weighted by molar-refractivity contribution is 5.80. The lowest BCUT2D eigenvalue weighted by molar-refractivity contribution is 0.976. The van der Waals surface area contributed by atoms with Crippen molar-refractivity contribution >= 4 is 22.8 Å². The number of anilines is 1. The van der Waals surface area contributed by atoms with Gasteiger partial charge in [-0.25, -0.2) is 14.2 Å². The van der Waals surface area contributed by atoms with E-state index >= 15 is 0 Å². The van der Waals surface area contributed by atoms with E-state index in [0.29, 0.717) is 5.78 Å². The van der Waals surface area contributed by atoms with Crippen LogP contribution in [0.4, 0.5) is 5.95 Å². The first-order valence-electron chi connectivity index (χ1n) is 4.80. The summed E-state index contributed by atoms with van der Waals surface area (Å²) in [6.45, 7) is 1.96. The Bertz CT molecular complexity index is 755. The van der Waals surface area contributed by atoms with Crippen molar-refractivity contribution in [1.82, 2.24) is 19.4 Å². The third kappa shape index (κ3) is 1.10. The van der Waals surface area contributed by atoms with Gasteiger partial charge in [-0.15, -0.1) is 0 Å². The normalized spacial score (nSPS) is 11.3. The summed E-state index contributed by atoms with van der Waals surface area (Å²) in [5, 5.41) is 0. The maximum Gasteiger partial charge on any atom is 0.335 e. The monoisotopic (exact) mass is 215 g/mol. The largest absolute Gasteiger partial charge is 0.369 e. The fourth-order valence-electron chi connectivity index (χ4n) is 1.75. The van der Waals surface area contributed by atoms with E-state index in [-0.39, 0.29) is 11.6 Å². The molecule has 0 aliphatic carbocycles. The minimum absolute atomic E-state index is 0.0736. The van der Waals surface area contributed by atoms with Gasteiger partial charge in [-0.05, 0) is 24.6 Å². The molecule has 3 aromatic rings. The molecule has 2 aromatic heterocycles. The van der Waals surface area contributed by atoms with Crippen LogP contribution < -0.4 is 11.4 Å². The summed E-state index contributed by atoms with van der Waals surface area (Å²) in [6.07, 6.45) is 0. The molecule has 2 heterocycles. The van der Waals surface area contributed by atoms with E-state index in [1.54, 1.807) is 0 Å². The number of nitrogens with zero attached hydrogens (tertiary/aromatic N) is 3. The number of hydrogen-bond acceptors (Lipinski definition) is 4. The zero-order valence-electron chi connectivity index (χ0n) is 8.56. The molecule has 16 heavy (non-hydrogen) atoms. The van der Waals surface area contributed by atoms with Gasteiger partial charge >= 0.3 is 5.69 Å². The summed E-state index contributed by atoms with van der Waals surface area (Å²) in [5.74, 6) is 0.395. The number of nitrogen functional groups attached to an aromatic ring is 1. The summed E-state index contributed by atoms with van der Waals surface area (Å²) < 4.78 is 1.42. The molecular formula is C10H9N5O. The number of imidazole rings is 1. The maximum absolute atomic E-state index is 11.7. The van der Waals surface area contributed by atoms with Crippen LogP contribution in [-0.2, 0) is 0 Å². The van der Waals surface area contributed by atoms with Crippen LogP contribution in [0.3, 0.4) is 0 Å². The molecule has 0 aliphatic rings. The fraction of sp³-hybridized carbons (Fsp3) is 0.100. The molecule has 1 aromatic carbocycles. The number of benzene rings is 1. The molecule has 0 bridgehead atoms. The number of aryl methyl sites for hydroxylation is 1. The van der Waals surface area contributed by atoms with Gasteiger partial charge in [-0.3, -0.25) is 4.98 Å². The summed E-state index contributed by atoms with van der Waals surface area (Å²) in [6, 6.07) is 5.68. The smallest absolute Gasteiger partial charge is 0.335 e. The molecule has 80 valence electrons. The zero-order valence-corrected chi connectivity index (χ0v) is 8.56. The first-order valence-corrected chi connectivity index (χ1v) is 4.80. The number of aromatic amines is 1. The van der Waals surface area contributed by atoms with Crippen LogP contribution in [0.5, 0.6) is 0 Å². The van der Waals surface area contributed by atoms with E-state index in [1.165, 1.54) is 4.40 Å². The van der Waals surface area contributed by atoms with E-state index in [9.17, 15) is 4.79 Å². The highest BCUT2D eigenvalue weighted by atomic mass is 16.1. The quantitative estimate of drug-likeness (QED) is 0.570. The van der Waals surface area contributed by atoms with Gasteiger partial charge in [0.15, 0.2) is 0 Å². The first-order chi connectivity index (χ1) is 7.65. The molecule has 0 saturated heterocycles. The van der Waals surface area contributed by atoms with Crippen LogP contribution in [0.15, 0.2) is 23.0 Å². The Kier molecular flexibility index (Phi) is 1.57. The third-order valence-electron chi connectivity index (χ3n) is 2.45. The van der Waals surface area contributed by atoms with Crippen LogP contribution in [0.1, 0.15) is 5.56 Å². The van der Waals surface area contributed by atoms with E-state index in [1.807, 2.05) is 25.1 Å². The summed E-state index contributed by atoms with van der Waals surface area (Å²) in [5.41, 5.74) is 7.66. The van der Waals surface area contributed by atoms with E-state index < -0.39 is 0 Å². The van der Waals surface area contributed by atoms with E-state index in [4.69, 9.17) is 5.73 Å². The van der Waals surface area contributed by atoms with Crippen LogP contribution in [0, 0.1) is 6.92 Å². The summed E-state index contributed by atoms with van der Waals surface area (Å²) in [4.78, 5) is 22.4. The lowest BCUT2D eigenvalue weighted by Gasteiger charge is -1.95. The average molecular weight is 215 g/mol. The Morgan fingerprint density at radius 3 is 3.00 bits per heavy atom. The first kappa shape index (κ1) is 8.90. The minimum Gasteiger partial charge on any atom is -0.369 e. The molecule has 6 nitrogen and oxygen atoms in total. The van der Waals surface area contributed by atoms with Gasteiger partial charge in [0.25, 0.3) is 0 Å². The van der Waals surface area contributed by atoms with Gasteiger partial charge in [0, 0.05) is 0 Å². The average Bonchev–Trinajstić information content (AvgIpc) is 2.54. The standard InChI is InChI=1S/C10H9N5O/c1-5-2-3-6-7(4-5)15-9(12-6)13-8(11)14-10(15)16/h2-4H,1H3,(H3,11,12,13,14,16). The molecule has 0 fully saturated rings. The second kappa shape index (κ2) is 2.82. The van der Waals surface area contributed by atoms with E-state index in [0.717, 1.165) is 16.6 Å². The van der Waals surface area contributed by atoms with Crippen molar-refractivity contribution < 1.29 is 0 Å². The Hall–Kier alpha value is -2.37. The SMILES string of the molecule is Cc1ccc2nc3nc(N)[nH]c(=O)n3c2c1. The Balaban J connectivity index is 2.63. The van der Waals surface area contributed by atoms with Crippen LogP contribution in [0.2, 0.25) is 0 Å². The summed E-state index contributed by atoms with van der Waals surface area (Å²) >= 11 is 0. The van der Waals surface area contributed by atoms with Crippen molar-refractivity contribution in [3.8, 4) is 0 Å². The van der Waals surface area contributed by atoms with Gasteiger partial charge in [0.05, 0.1) is 11.0 Å². The molecular weight excluding hydrogens is 206 g/mol. The molecule has 0 amide bonds. The third-order valence-corrected chi connectivity index (χ3v) is 2.45. The predicted molar refractivity (Wildman–Crippen MR) is 60.3 cm³/mol. The van der Waals surface area contributed by atoms with Crippen molar-refractivity contribution in [3.63, 3.8) is 0 Å². The van der Waals surface area contributed by atoms with Crippen molar-refractivity contribution in [1.29, 1.82) is 0 Å².